The van der Waals surface area contributed by atoms with E-state index in [-0.39, 0.29) is 0 Å². The van der Waals surface area contributed by atoms with Gasteiger partial charge in [0.05, 0.1) is 10.2 Å². The Morgan fingerprint density at radius 3 is 2.53 bits per heavy atom. The Morgan fingerprint density at radius 1 is 1.24 bits per heavy atom. The number of hydrogen-bond donors (Lipinski definition) is 1. The van der Waals surface area contributed by atoms with E-state index in [9.17, 15) is 0 Å². The summed E-state index contributed by atoms with van der Waals surface area (Å²) < 4.78 is 0.989. The average Bonchev–Trinajstić information content (AvgIpc) is 2.40. The molecule has 1 N–H and O–H groups in total. The summed E-state index contributed by atoms with van der Waals surface area (Å²) in [4.78, 5) is 11.5. The number of nitrogens with one attached hydrogen (secondary N) is 1. The van der Waals surface area contributed by atoms with Crippen LogP contribution in [-0.2, 0) is 6.42 Å². The maximum atomic E-state index is 4.65. The normalized spacial score (nSPS) is 16.1. The first-order chi connectivity index (χ1) is 8.26. The maximum Gasteiger partial charge on any atom is 0.227 e. The Labute approximate surface area is 111 Å². The lowest BCUT2D eigenvalue weighted by Gasteiger charge is -2.27. The molecule has 2 rings (SSSR count). The van der Waals surface area contributed by atoms with E-state index in [1.54, 1.807) is 0 Å². The van der Waals surface area contributed by atoms with Gasteiger partial charge in [-0.15, -0.1) is 0 Å². The third kappa shape index (κ3) is 2.70. The molecule has 2 heterocycles. The molecule has 94 valence electrons. The number of anilines is 2. The third-order valence-corrected chi connectivity index (χ3v) is 3.95. The van der Waals surface area contributed by atoms with E-state index in [0.717, 1.165) is 41.4 Å². The van der Waals surface area contributed by atoms with Crippen LogP contribution in [0.5, 0.6) is 0 Å². The van der Waals surface area contributed by atoms with Crippen LogP contribution < -0.4 is 10.2 Å². The predicted molar refractivity (Wildman–Crippen MR) is 74.7 cm³/mol. The van der Waals surface area contributed by atoms with E-state index in [0.29, 0.717) is 0 Å². The quantitative estimate of drug-likeness (QED) is 0.932. The van der Waals surface area contributed by atoms with Gasteiger partial charge in [0.2, 0.25) is 5.95 Å². The summed E-state index contributed by atoms with van der Waals surface area (Å²) in [7, 11) is 1.90. The molecule has 0 radical (unpaired) electrons. The van der Waals surface area contributed by atoms with Crippen molar-refractivity contribution in [3.05, 3.63) is 10.2 Å². The van der Waals surface area contributed by atoms with Crippen molar-refractivity contribution in [1.82, 2.24) is 9.97 Å². The molecule has 1 aromatic rings. The fraction of sp³-hybridized carbons (Fsp3) is 0.667. The number of halogens is 1. The summed E-state index contributed by atoms with van der Waals surface area (Å²) in [5, 5.41) is 3.12. The monoisotopic (exact) mass is 298 g/mol. The highest BCUT2D eigenvalue weighted by atomic mass is 79.9. The van der Waals surface area contributed by atoms with Crippen LogP contribution in [0.1, 0.15) is 31.9 Å². The zero-order chi connectivity index (χ0) is 12.3. The molecule has 0 aromatic carbocycles. The SMILES string of the molecule is CCc1nc(N2CCCCC2)nc(NC)c1Br. The molecule has 5 heteroatoms. The largest absolute Gasteiger partial charge is 0.372 e. The molecule has 0 bridgehead atoms. The second-order valence-corrected chi connectivity index (χ2v) is 5.08. The van der Waals surface area contributed by atoms with Gasteiger partial charge in [-0.2, -0.15) is 4.98 Å². The topological polar surface area (TPSA) is 41.1 Å². The first-order valence-corrected chi connectivity index (χ1v) is 7.04. The molecule has 0 unspecified atom stereocenters. The number of hydrogen-bond acceptors (Lipinski definition) is 4. The second-order valence-electron chi connectivity index (χ2n) is 4.28. The average molecular weight is 299 g/mol. The van der Waals surface area contributed by atoms with Crippen LogP contribution >= 0.6 is 15.9 Å². The minimum atomic E-state index is 0.870. The first-order valence-electron chi connectivity index (χ1n) is 6.25. The van der Waals surface area contributed by atoms with Crippen LogP contribution in [0.25, 0.3) is 0 Å². The summed E-state index contributed by atoms with van der Waals surface area (Å²) in [6.45, 7) is 4.27. The maximum absolute atomic E-state index is 4.65. The van der Waals surface area contributed by atoms with Gasteiger partial charge in [0.25, 0.3) is 0 Å². The van der Waals surface area contributed by atoms with Crippen LogP contribution in [0.4, 0.5) is 11.8 Å². The Morgan fingerprint density at radius 2 is 1.94 bits per heavy atom. The van der Waals surface area contributed by atoms with Gasteiger partial charge in [0.1, 0.15) is 5.82 Å². The smallest absolute Gasteiger partial charge is 0.227 e. The summed E-state index contributed by atoms with van der Waals surface area (Å²) in [6, 6.07) is 0. The van der Waals surface area contributed by atoms with Crippen molar-refractivity contribution in [2.75, 3.05) is 30.4 Å². The second kappa shape index (κ2) is 5.67. The molecule has 0 spiro atoms. The number of piperidine rings is 1. The molecule has 1 saturated heterocycles. The lowest BCUT2D eigenvalue weighted by molar-refractivity contribution is 0.567. The molecule has 17 heavy (non-hydrogen) atoms. The van der Waals surface area contributed by atoms with Gasteiger partial charge < -0.3 is 10.2 Å². The van der Waals surface area contributed by atoms with Crippen molar-refractivity contribution in [3.63, 3.8) is 0 Å². The Kier molecular flexibility index (Phi) is 4.20. The first kappa shape index (κ1) is 12.6. The van der Waals surface area contributed by atoms with E-state index in [4.69, 9.17) is 0 Å². The summed E-state index contributed by atoms with van der Waals surface area (Å²) in [5.41, 5.74) is 1.07. The van der Waals surface area contributed by atoms with Gasteiger partial charge in [-0.3, -0.25) is 0 Å². The van der Waals surface area contributed by atoms with E-state index in [1.807, 2.05) is 7.05 Å². The highest BCUT2D eigenvalue weighted by Crippen LogP contribution is 2.27. The van der Waals surface area contributed by atoms with Gasteiger partial charge in [0.15, 0.2) is 0 Å². The van der Waals surface area contributed by atoms with Crippen LogP contribution in [0.15, 0.2) is 4.47 Å². The molecule has 1 aliphatic heterocycles. The van der Waals surface area contributed by atoms with Crippen molar-refractivity contribution in [2.45, 2.75) is 32.6 Å². The summed E-state index contributed by atoms with van der Waals surface area (Å²) in [6.07, 6.45) is 4.73. The molecule has 0 saturated carbocycles. The Bertz CT molecular complexity index is 363. The minimum absolute atomic E-state index is 0.870. The van der Waals surface area contributed by atoms with Crippen LogP contribution in [0.3, 0.4) is 0 Å². The molecule has 1 aromatic heterocycles. The highest BCUT2D eigenvalue weighted by Gasteiger charge is 2.17. The standard InChI is InChI=1S/C12H19BrN4/c1-3-9-10(13)11(14-2)16-12(15-9)17-7-5-4-6-8-17/h3-8H2,1-2H3,(H,14,15,16). The predicted octanol–water partition coefficient (Wildman–Crippen LogP) is 2.83. The van der Waals surface area contributed by atoms with Gasteiger partial charge >= 0.3 is 0 Å². The molecule has 0 aliphatic carbocycles. The molecule has 0 amide bonds. The lowest BCUT2D eigenvalue weighted by atomic mass is 10.1. The Hall–Kier alpha value is -0.840. The summed E-state index contributed by atoms with van der Waals surface area (Å²) >= 11 is 3.55. The van der Waals surface area contributed by atoms with Crippen molar-refractivity contribution in [2.24, 2.45) is 0 Å². The van der Waals surface area contributed by atoms with Crippen molar-refractivity contribution in [3.8, 4) is 0 Å². The van der Waals surface area contributed by atoms with Crippen LogP contribution in [0, 0.1) is 0 Å². The van der Waals surface area contributed by atoms with E-state index in [1.165, 1.54) is 19.3 Å². The molecular formula is C12H19BrN4. The number of nitrogens with zero attached hydrogens (tertiary/aromatic N) is 3. The van der Waals surface area contributed by atoms with Crippen LogP contribution in [-0.4, -0.2) is 30.1 Å². The molecule has 1 fully saturated rings. The number of aryl methyl sites for hydroxylation is 1. The van der Waals surface area contributed by atoms with Gasteiger partial charge in [-0.1, -0.05) is 6.92 Å². The summed E-state index contributed by atoms with van der Waals surface area (Å²) in [5.74, 6) is 1.76. The minimum Gasteiger partial charge on any atom is -0.372 e. The zero-order valence-corrected chi connectivity index (χ0v) is 12.0. The van der Waals surface area contributed by atoms with Gasteiger partial charge in [-0.05, 0) is 41.6 Å². The third-order valence-electron chi connectivity index (χ3n) is 3.12. The Balaban J connectivity index is 2.33. The lowest BCUT2D eigenvalue weighted by Crippen LogP contribution is -2.31. The molecule has 1 aliphatic rings. The van der Waals surface area contributed by atoms with Crippen LogP contribution in [0.2, 0.25) is 0 Å². The molecule has 4 nitrogen and oxygen atoms in total. The fourth-order valence-corrected chi connectivity index (χ4v) is 2.77. The van der Waals surface area contributed by atoms with Gasteiger partial charge in [-0.25, -0.2) is 4.98 Å². The van der Waals surface area contributed by atoms with E-state index in [2.05, 4.69) is 43.0 Å². The van der Waals surface area contributed by atoms with Crippen molar-refractivity contribution in [1.29, 1.82) is 0 Å². The van der Waals surface area contributed by atoms with Gasteiger partial charge in [0, 0.05) is 20.1 Å². The zero-order valence-electron chi connectivity index (χ0n) is 10.5. The number of rotatable bonds is 3. The fourth-order valence-electron chi connectivity index (χ4n) is 2.12. The molecular weight excluding hydrogens is 280 g/mol. The van der Waals surface area contributed by atoms with E-state index < -0.39 is 0 Å². The number of aromatic nitrogens is 2. The van der Waals surface area contributed by atoms with Crippen molar-refractivity contribution < 1.29 is 0 Å². The molecule has 0 atom stereocenters. The van der Waals surface area contributed by atoms with E-state index >= 15 is 0 Å². The highest BCUT2D eigenvalue weighted by molar-refractivity contribution is 9.10. The van der Waals surface area contributed by atoms with Crippen molar-refractivity contribution >= 4 is 27.7 Å².